The Hall–Kier alpha value is -1.18. The molecule has 1 fully saturated rings. The maximum absolute atomic E-state index is 5.50. The topological polar surface area (TPSA) is 21.3 Å². The monoisotopic (exact) mass is 233 g/mol. The summed E-state index contributed by atoms with van der Waals surface area (Å²) in [5.74, 6) is 1.82. The second kappa shape index (κ2) is 6.53. The summed E-state index contributed by atoms with van der Waals surface area (Å²) in [7, 11) is 0. The molecule has 17 heavy (non-hydrogen) atoms. The van der Waals surface area contributed by atoms with Crippen molar-refractivity contribution in [1.82, 2.24) is 0 Å². The first-order chi connectivity index (χ1) is 8.38. The molecule has 0 aliphatic heterocycles. The van der Waals surface area contributed by atoms with Gasteiger partial charge in [0.1, 0.15) is 5.75 Å². The van der Waals surface area contributed by atoms with Gasteiger partial charge in [0.25, 0.3) is 0 Å². The highest BCUT2D eigenvalue weighted by molar-refractivity contribution is 5.48. The van der Waals surface area contributed by atoms with Crippen molar-refractivity contribution in [3.05, 3.63) is 24.3 Å². The third-order valence-electron chi connectivity index (χ3n) is 3.46. The molecule has 2 heteroatoms. The zero-order valence-corrected chi connectivity index (χ0v) is 10.7. The van der Waals surface area contributed by atoms with Gasteiger partial charge in [-0.3, -0.25) is 0 Å². The molecule has 0 amide bonds. The molecular weight excluding hydrogens is 210 g/mol. The number of hydrogen-bond donors (Lipinski definition) is 1. The Balaban J connectivity index is 1.83. The van der Waals surface area contributed by atoms with E-state index in [1.54, 1.807) is 0 Å². The van der Waals surface area contributed by atoms with Crippen LogP contribution in [0.5, 0.6) is 5.75 Å². The van der Waals surface area contributed by atoms with E-state index in [0.29, 0.717) is 0 Å². The van der Waals surface area contributed by atoms with Crippen molar-refractivity contribution in [2.45, 2.75) is 39.0 Å². The highest BCUT2D eigenvalue weighted by atomic mass is 16.5. The summed E-state index contributed by atoms with van der Waals surface area (Å²) < 4.78 is 5.50. The molecule has 1 aromatic carbocycles. The predicted octanol–water partition coefficient (Wildman–Crippen LogP) is 4.08. The molecule has 94 valence electrons. The van der Waals surface area contributed by atoms with Crippen LogP contribution in [0, 0.1) is 5.92 Å². The molecule has 0 radical (unpaired) electrons. The third-order valence-corrected chi connectivity index (χ3v) is 3.46. The number of benzene rings is 1. The van der Waals surface area contributed by atoms with Crippen LogP contribution in [-0.4, -0.2) is 13.2 Å². The van der Waals surface area contributed by atoms with Crippen LogP contribution in [-0.2, 0) is 0 Å². The minimum atomic E-state index is 0.728. The first-order valence-corrected chi connectivity index (χ1v) is 6.85. The first kappa shape index (κ1) is 12.3. The summed E-state index contributed by atoms with van der Waals surface area (Å²) in [6.45, 7) is 3.85. The van der Waals surface area contributed by atoms with Crippen LogP contribution >= 0.6 is 0 Å². The molecule has 0 heterocycles. The quantitative estimate of drug-likeness (QED) is 0.827. The number of ether oxygens (including phenoxy) is 1. The van der Waals surface area contributed by atoms with Gasteiger partial charge in [0.2, 0.25) is 0 Å². The van der Waals surface area contributed by atoms with Crippen LogP contribution in [0.15, 0.2) is 24.3 Å². The summed E-state index contributed by atoms with van der Waals surface area (Å²) in [6, 6.07) is 8.27. The van der Waals surface area contributed by atoms with Crippen LogP contribution in [0.1, 0.15) is 39.0 Å². The normalized spacial score (nSPS) is 16.8. The van der Waals surface area contributed by atoms with Crippen LogP contribution < -0.4 is 10.1 Å². The summed E-state index contributed by atoms with van der Waals surface area (Å²) in [5.41, 5.74) is 1.18. The number of rotatable bonds is 5. The lowest BCUT2D eigenvalue weighted by atomic mass is 9.89. The molecule has 1 saturated carbocycles. The van der Waals surface area contributed by atoms with E-state index in [2.05, 4.69) is 17.4 Å². The first-order valence-electron chi connectivity index (χ1n) is 6.85. The average molecular weight is 233 g/mol. The van der Waals surface area contributed by atoms with Gasteiger partial charge in [-0.05, 0) is 37.8 Å². The Morgan fingerprint density at radius 2 is 2.06 bits per heavy atom. The highest BCUT2D eigenvalue weighted by Gasteiger charge is 2.12. The van der Waals surface area contributed by atoms with Gasteiger partial charge in [-0.15, -0.1) is 0 Å². The van der Waals surface area contributed by atoms with Crippen molar-refractivity contribution in [3.8, 4) is 5.75 Å². The van der Waals surface area contributed by atoms with E-state index < -0.39 is 0 Å². The molecule has 0 spiro atoms. The second-order valence-electron chi connectivity index (χ2n) is 4.85. The summed E-state index contributed by atoms with van der Waals surface area (Å²) in [4.78, 5) is 0. The lowest BCUT2D eigenvalue weighted by molar-refractivity contribution is 0.340. The van der Waals surface area contributed by atoms with E-state index >= 15 is 0 Å². The van der Waals surface area contributed by atoms with Crippen molar-refractivity contribution in [1.29, 1.82) is 0 Å². The van der Waals surface area contributed by atoms with Crippen molar-refractivity contribution in [2.24, 2.45) is 5.92 Å². The smallest absolute Gasteiger partial charge is 0.121 e. The van der Waals surface area contributed by atoms with E-state index in [1.807, 2.05) is 19.1 Å². The van der Waals surface area contributed by atoms with Crippen molar-refractivity contribution >= 4 is 5.69 Å². The van der Waals surface area contributed by atoms with Gasteiger partial charge >= 0.3 is 0 Å². The fraction of sp³-hybridized carbons (Fsp3) is 0.600. The van der Waals surface area contributed by atoms with Gasteiger partial charge in [-0.1, -0.05) is 25.3 Å². The summed E-state index contributed by atoms with van der Waals surface area (Å²) in [5, 5.41) is 3.53. The minimum Gasteiger partial charge on any atom is -0.494 e. The van der Waals surface area contributed by atoms with E-state index in [-0.39, 0.29) is 0 Å². The largest absolute Gasteiger partial charge is 0.494 e. The molecule has 0 atom stereocenters. The van der Waals surface area contributed by atoms with E-state index in [9.17, 15) is 0 Å². The predicted molar refractivity (Wildman–Crippen MR) is 72.7 cm³/mol. The van der Waals surface area contributed by atoms with Crippen LogP contribution in [0.25, 0.3) is 0 Å². The van der Waals surface area contributed by atoms with E-state index in [4.69, 9.17) is 4.74 Å². The second-order valence-corrected chi connectivity index (χ2v) is 4.85. The Labute approximate surface area is 104 Å². The molecule has 1 aromatic rings. The van der Waals surface area contributed by atoms with Gasteiger partial charge in [0.05, 0.1) is 6.61 Å². The molecule has 1 N–H and O–H groups in total. The average Bonchev–Trinajstić information content (AvgIpc) is 2.39. The Kier molecular flexibility index (Phi) is 4.72. The summed E-state index contributed by atoms with van der Waals surface area (Å²) >= 11 is 0. The zero-order chi connectivity index (χ0) is 11.9. The van der Waals surface area contributed by atoms with Crippen molar-refractivity contribution in [3.63, 3.8) is 0 Å². The lowest BCUT2D eigenvalue weighted by Crippen LogP contribution is -2.17. The lowest BCUT2D eigenvalue weighted by Gasteiger charge is -2.22. The third kappa shape index (κ3) is 3.95. The number of anilines is 1. The van der Waals surface area contributed by atoms with Gasteiger partial charge in [-0.2, -0.15) is 0 Å². The maximum atomic E-state index is 5.50. The van der Waals surface area contributed by atoms with Crippen LogP contribution in [0.2, 0.25) is 0 Å². The SMILES string of the molecule is CCOc1cccc(NCC2CCCCC2)c1. The molecule has 2 nitrogen and oxygen atoms in total. The van der Waals surface area contributed by atoms with Gasteiger partial charge < -0.3 is 10.1 Å². The summed E-state index contributed by atoms with van der Waals surface area (Å²) in [6.07, 6.45) is 7.02. The highest BCUT2D eigenvalue weighted by Crippen LogP contribution is 2.24. The fourth-order valence-corrected chi connectivity index (χ4v) is 2.52. The standard InChI is InChI=1S/C15H23NO/c1-2-17-15-10-6-9-14(11-15)16-12-13-7-4-3-5-8-13/h6,9-11,13,16H,2-5,7-8,12H2,1H3. The van der Waals surface area contributed by atoms with Crippen molar-refractivity contribution in [2.75, 3.05) is 18.5 Å². The minimum absolute atomic E-state index is 0.728. The van der Waals surface area contributed by atoms with Gasteiger partial charge in [0.15, 0.2) is 0 Å². The molecule has 0 aromatic heterocycles. The number of hydrogen-bond acceptors (Lipinski definition) is 2. The van der Waals surface area contributed by atoms with Crippen molar-refractivity contribution < 1.29 is 4.74 Å². The van der Waals surface area contributed by atoms with Crippen LogP contribution in [0.3, 0.4) is 0 Å². The molecule has 0 saturated heterocycles. The van der Waals surface area contributed by atoms with Gasteiger partial charge in [0, 0.05) is 18.3 Å². The van der Waals surface area contributed by atoms with Crippen LogP contribution in [0.4, 0.5) is 5.69 Å². The molecule has 0 unspecified atom stereocenters. The number of nitrogens with one attached hydrogen (secondary N) is 1. The molecular formula is C15H23NO. The van der Waals surface area contributed by atoms with E-state index in [1.165, 1.54) is 37.8 Å². The maximum Gasteiger partial charge on any atom is 0.121 e. The molecule has 1 aliphatic rings. The molecule has 1 aliphatic carbocycles. The Morgan fingerprint density at radius 3 is 2.82 bits per heavy atom. The molecule has 2 rings (SSSR count). The Morgan fingerprint density at radius 1 is 1.24 bits per heavy atom. The zero-order valence-electron chi connectivity index (χ0n) is 10.7. The molecule has 0 bridgehead atoms. The Bertz CT molecular complexity index is 331. The van der Waals surface area contributed by atoms with Gasteiger partial charge in [-0.25, -0.2) is 0 Å². The van der Waals surface area contributed by atoms with E-state index in [0.717, 1.165) is 24.8 Å². The fourth-order valence-electron chi connectivity index (χ4n) is 2.52.